The molecule has 0 rings (SSSR count). The van der Waals surface area contributed by atoms with E-state index in [9.17, 15) is 4.57 Å². The molecule has 0 aromatic carbocycles. The van der Waals surface area contributed by atoms with Crippen LogP contribution in [0.1, 0.15) is 6.92 Å². The minimum absolute atomic E-state index is 0.592. The van der Waals surface area contributed by atoms with Gasteiger partial charge in [0.05, 0.1) is 0 Å². The van der Waals surface area contributed by atoms with Crippen molar-refractivity contribution in [2.45, 2.75) is 6.92 Å². The van der Waals surface area contributed by atoms with Crippen molar-refractivity contribution in [3.05, 3.63) is 0 Å². The molecule has 0 aromatic rings. The number of rotatable bonds is 1. The molecule has 0 saturated carbocycles. The molecule has 1 atom stereocenters. The molecule has 38 valence electrons. The maximum atomic E-state index is 10.3. The third kappa shape index (κ3) is 4.52. The molecular weight excluding hydrogens is 118 g/mol. The molecule has 0 N–H and O–H groups in total. The van der Waals surface area contributed by atoms with E-state index in [2.05, 4.69) is 0 Å². The van der Waals surface area contributed by atoms with Crippen LogP contribution in [0.2, 0.25) is 0 Å². The second-order valence-electron chi connectivity index (χ2n) is 1.30. The largest absolute Gasteiger partial charge is 0.307 e. The molecule has 0 fully saturated rings. The van der Waals surface area contributed by atoms with E-state index in [4.69, 9.17) is 11.2 Å². The van der Waals surface area contributed by atoms with Crippen molar-refractivity contribution in [1.29, 1.82) is 0 Å². The van der Waals surface area contributed by atoms with Crippen LogP contribution < -0.4 is 0 Å². The fourth-order valence-electron chi connectivity index (χ4n) is 0. The van der Waals surface area contributed by atoms with Crippen LogP contribution >= 0.6 is 17.7 Å². The van der Waals surface area contributed by atoms with Gasteiger partial charge in [0.2, 0.25) is 0 Å². The van der Waals surface area contributed by atoms with Gasteiger partial charge in [-0.25, -0.2) is 0 Å². The van der Waals surface area contributed by atoms with Gasteiger partial charge in [0, 0.05) is 12.8 Å². The first kappa shape index (κ1) is 6.52. The van der Waals surface area contributed by atoms with Crippen molar-refractivity contribution in [3.63, 3.8) is 0 Å². The molecule has 0 aliphatic rings. The monoisotopic (exact) mass is 126 g/mol. The molecule has 1 nitrogen and oxygen atoms in total. The van der Waals surface area contributed by atoms with Crippen molar-refractivity contribution in [2.75, 3.05) is 12.8 Å². The fraction of sp³-hybridized carbons (Fsp3) is 1.00. The summed E-state index contributed by atoms with van der Waals surface area (Å²) in [6, 6.07) is 0. The quantitative estimate of drug-likeness (QED) is 0.492. The van der Waals surface area contributed by atoms with E-state index in [0.717, 1.165) is 0 Å². The van der Waals surface area contributed by atoms with Crippen molar-refractivity contribution in [1.82, 2.24) is 0 Å². The summed E-state index contributed by atoms with van der Waals surface area (Å²) in [6.45, 7) is 1.20. The predicted octanol–water partition coefficient (Wildman–Crippen LogP) is 2.15. The van der Waals surface area contributed by atoms with Gasteiger partial charge in [-0.2, -0.15) is 0 Å². The van der Waals surface area contributed by atoms with E-state index in [0.29, 0.717) is 6.16 Å². The van der Waals surface area contributed by atoms with E-state index in [1.165, 1.54) is 0 Å². The van der Waals surface area contributed by atoms with Crippen molar-refractivity contribution in [3.8, 4) is 0 Å². The van der Waals surface area contributed by atoms with Crippen LogP contribution in [0.15, 0.2) is 0 Å². The molecule has 0 amide bonds. The Morgan fingerprint density at radius 3 is 2.00 bits per heavy atom. The third-order valence-electron chi connectivity index (χ3n) is 0.565. The van der Waals surface area contributed by atoms with Gasteiger partial charge in [0.15, 0.2) is 6.49 Å². The summed E-state index contributed by atoms with van der Waals surface area (Å²) in [5, 5.41) is 0. The normalized spacial score (nSPS) is 19.8. The Hall–Kier alpha value is 0.520. The van der Waals surface area contributed by atoms with E-state index in [1.54, 1.807) is 6.66 Å². The smallest absolute Gasteiger partial charge is 0.166 e. The van der Waals surface area contributed by atoms with E-state index in [-0.39, 0.29) is 0 Å². The van der Waals surface area contributed by atoms with Crippen LogP contribution in [0.3, 0.4) is 0 Å². The van der Waals surface area contributed by atoms with Gasteiger partial charge in [0.1, 0.15) is 0 Å². The van der Waals surface area contributed by atoms with Gasteiger partial charge in [0.25, 0.3) is 0 Å². The molecule has 6 heavy (non-hydrogen) atoms. The van der Waals surface area contributed by atoms with Crippen LogP contribution in [-0.4, -0.2) is 12.8 Å². The lowest BCUT2D eigenvalue weighted by molar-refractivity contribution is 0.588. The molecular formula is C3H8ClOP. The summed E-state index contributed by atoms with van der Waals surface area (Å²) in [7, 11) is 0. The van der Waals surface area contributed by atoms with Crippen molar-refractivity contribution < 1.29 is 4.57 Å². The van der Waals surface area contributed by atoms with E-state index < -0.39 is 6.49 Å². The van der Waals surface area contributed by atoms with Gasteiger partial charge in [-0.15, -0.1) is 0 Å². The Morgan fingerprint density at radius 1 is 1.83 bits per heavy atom. The lowest BCUT2D eigenvalue weighted by atomic mass is 11.0. The molecule has 0 aliphatic carbocycles. The number of hydrogen-bond donors (Lipinski definition) is 0. The van der Waals surface area contributed by atoms with E-state index >= 15 is 0 Å². The Bertz CT molecular complexity index is 74.9. The lowest BCUT2D eigenvalue weighted by Gasteiger charge is -1.92. The fourth-order valence-corrected chi connectivity index (χ4v) is 0. The standard InChI is InChI=1S/C3H8ClOP/c1-3-6(2,4)5/h3H2,1-2H3. The van der Waals surface area contributed by atoms with Gasteiger partial charge >= 0.3 is 0 Å². The summed E-state index contributed by atoms with van der Waals surface area (Å²) in [5.74, 6) is 0. The molecule has 0 spiro atoms. The minimum atomic E-state index is -2.17. The minimum Gasteiger partial charge on any atom is -0.307 e. The molecule has 0 saturated heterocycles. The Labute approximate surface area is 42.9 Å². The first-order chi connectivity index (χ1) is 2.56. The summed E-state index contributed by atoms with van der Waals surface area (Å²) < 4.78 is 10.3. The highest BCUT2D eigenvalue weighted by atomic mass is 35.7. The zero-order chi connectivity index (χ0) is 5.21. The van der Waals surface area contributed by atoms with Gasteiger partial charge in [-0.1, -0.05) is 18.2 Å². The number of hydrogen-bond acceptors (Lipinski definition) is 1. The lowest BCUT2D eigenvalue weighted by Crippen LogP contribution is -1.67. The Balaban J connectivity index is 3.48. The first-order valence-corrected chi connectivity index (χ1v) is 5.07. The second kappa shape index (κ2) is 1.99. The first-order valence-electron chi connectivity index (χ1n) is 1.82. The molecule has 0 radical (unpaired) electrons. The summed E-state index contributed by atoms with van der Waals surface area (Å²) in [4.78, 5) is 0. The van der Waals surface area contributed by atoms with Crippen LogP contribution in [0.4, 0.5) is 0 Å². The molecule has 1 unspecified atom stereocenters. The Kier molecular flexibility index (Phi) is 2.17. The van der Waals surface area contributed by atoms with E-state index in [1.807, 2.05) is 6.92 Å². The zero-order valence-corrected chi connectivity index (χ0v) is 5.59. The maximum Gasteiger partial charge on any atom is 0.166 e. The molecule has 0 aromatic heterocycles. The van der Waals surface area contributed by atoms with Crippen LogP contribution in [0.25, 0.3) is 0 Å². The second-order valence-corrected chi connectivity index (χ2v) is 6.05. The summed E-state index contributed by atoms with van der Waals surface area (Å²) >= 11 is 5.27. The summed E-state index contributed by atoms with van der Waals surface area (Å²) in [5.41, 5.74) is 0. The number of halogens is 1. The summed E-state index contributed by atoms with van der Waals surface area (Å²) in [6.07, 6.45) is 0.592. The topological polar surface area (TPSA) is 17.1 Å². The van der Waals surface area contributed by atoms with Gasteiger partial charge < -0.3 is 4.57 Å². The highest BCUT2D eigenvalue weighted by molar-refractivity contribution is 7.88. The van der Waals surface area contributed by atoms with Crippen LogP contribution in [-0.2, 0) is 4.57 Å². The van der Waals surface area contributed by atoms with Crippen molar-refractivity contribution >= 4 is 17.7 Å². The van der Waals surface area contributed by atoms with Crippen LogP contribution in [0.5, 0.6) is 0 Å². The van der Waals surface area contributed by atoms with Crippen LogP contribution in [0, 0.1) is 0 Å². The highest BCUT2D eigenvalue weighted by Gasteiger charge is 2.02. The molecule has 0 bridgehead atoms. The Morgan fingerprint density at radius 2 is 2.00 bits per heavy atom. The molecule has 0 heterocycles. The molecule has 3 heteroatoms. The van der Waals surface area contributed by atoms with Crippen molar-refractivity contribution in [2.24, 2.45) is 0 Å². The predicted molar refractivity (Wildman–Crippen MR) is 29.9 cm³/mol. The molecule has 0 aliphatic heterocycles. The maximum absolute atomic E-state index is 10.3. The highest BCUT2D eigenvalue weighted by Crippen LogP contribution is 2.45. The van der Waals surface area contributed by atoms with Gasteiger partial charge in [-0.05, 0) is 0 Å². The zero-order valence-electron chi connectivity index (χ0n) is 3.94. The SMILES string of the molecule is CCP(C)(=O)Cl. The third-order valence-corrected chi connectivity index (χ3v) is 2.41. The average Bonchev–Trinajstić information content (AvgIpc) is 1.35. The van der Waals surface area contributed by atoms with Gasteiger partial charge in [-0.3, -0.25) is 0 Å². The average molecular weight is 127 g/mol.